The van der Waals surface area contributed by atoms with E-state index in [1.54, 1.807) is 41.0 Å². The third-order valence-electron chi connectivity index (χ3n) is 7.11. The van der Waals surface area contributed by atoms with Crippen molar-refractivity contribution in [2.45, 2.75) is 37.1 Å². The van der Waals surface area contributed by atoms with E-state index in [-0.39, 0.29) is 23.1 Å². The van der Waals surface area contributed by atoms with Crippen LogP contribution in [0.25, 0.3) is 10.6 Å². The molecule has 13 heteroatoms. The van der Waals surface area contributed by atoms with E-state index in [2.05, 4.69) is 14.8 Å². The van der Waals surface area contributed by atoms with Crippen molar-refractivity contribution in [2.24, 2.45) is 0 Å². The summed E-state index contributed by atoms with van der Waals surface area (Å²) in [6.07, 6.45) is 1.18. The fraction of sp³-hybridized carbons (Fsp3) is 0.423. The molecule has 1 atom stereocenters. The standard InChI is InChI=1S/C26H30ClN5O5S2/c1-17-20(32-10-4-7-25(32)33)5-3-6-23(17)39(35,36)29-19(26(34)31-13-11-30(2)12-14-31)15-18-16-21(37-28-18)22-8-9-24(27)38-22/h3,5-6,8-9,16,19,29H,4,7,10-15H2,1-2H3. The van der Waals surface area contributed by atoms with E-state index in [9.17, 15) is 18.0 Å². The zero-order valence-corrected chi connectivity index (χ0v) is 24.1. The quantitative estimate of drug-likeness (QED) is 0.428. The summed E-state index contributed by atoms with van der Waals surface area (Å²) >= 11 is 7.38. The number of piperazine rings is 1. The van der Waals surface area contributed by atoms with E-state index in [1.807, 2.05) is 13.1 Å². The minimum Gasteiger partial charge on any atom is -0.355 e. The summed E-state index contributed by atoms with van der Waals surface area (Å²) in [4.78, 5) is 32.2. The number of hydrogen-bond donors (Lipinski definition) is 1. The van der Waals surface area contributed by atoms with Gasteiger partial charge in [-0.1, -0.05) is 22.8 Å². The van der Waals surface area contributed by atoms with Gasteiger partial charge in [0.15, 0.2) is 5.76 Å². The third kappa shape index (κ3) is 6.04. The van der Waals surface area contributed by atoms with Crippen molar-refractivity contribution in [3.8, 4) is 10.6 Å². The number of sulfonamides is 1. The lowest BCUT2D eigenvalue weighted by Crippen LogP contribution is -2.55. The van der Waals surface area contributed by atoms with Crippen molar-refractivity contribution < 1.29 is 22.5 Å². The van der Waals surface area contributed by atoms with Gasteiger partial charge in [-0.15, -0.1) is 11.3 Å². The minimum atomic E-state index is -4.14. The number of nitrogens with one attached hydrogen (secondary N) is 1. The lowest BCUT2D eigenvalue weighted by atomic mass is 10.1. The number of thiophene rings is 1. The summed E-state index contributed by atoms with van der Waals surface area (Å²) in [5.74, 6) is 0.144. The second-order valence-corrected chi connectivity index (χ2v) is 13.2. The van der Waals surface area contributed by atoms with Crippen LogP contribution in [0.2, 0.25) is 4.34 Å². The molecule has 3 aromatic rings. The summed E-state index contributed by atoms with van der Waals surface area (Å²) in [7, 11) is -2.15. The second-order valence-electron chi connectivity index (χ2n) is 9.84. The molecule has 2 amide bonds. The topological polar surface area (TPSA) is 116 Å². The summed E-state index contributed by atoms with van der Waals surface area (Å²) in [6, 6.07) is 9.03. The number of halogens is 1. The predicted octanol–water partition coefficient (Wildman–Crippen LogP) is 3.16. The molecule has 208 valence electrons. The van der Waals surface area contributed by atoms with Crippen LogP contribution < -0.4 is 9.62 Å². The van der Waals surface area contributed by atoms with E-state index < -0.39 is 16.1 Å². The Morgan fingerprint density at radius 1 is 1.18 bits per heavy atom. The van der Waals surface area contributed by atoms with E-state index in [0.717, 1.165) is 11.3 Å². The predicted molar refractivity (Wildman–Crippen MR) is 149 cm³/mol. The molecule has 4 heterocycles. The fourth-order valence-electron chi connectivity index (χ4n) is 4.95. The maximum Gasteiger partial charge on any atom is 0.241 e. The molecule has 0 aliphatic carbocycles. The van der Waals surface area contributed by atoms with E-state index in [0.29, 0.717) is 66.2 Å². The van der Waals surface area contributed by atoms with Crippen molar-refractivity contribution in [3.63, 3.8) is 0 Å². The number of carbonyl (C=O) groups excluding carboxylic acids is 2. The highest BCUT2D eigenvalue weighted by atomic mass is 35.5. The lowest BCUT2D eigenvalue weighted by molar-refractivity contribution is -0.134. The molecular weight excluding hydrogens is 562 g/mol. The van der Waals surface area contributed by atoms with Crippen molar-refractivity contribution >= 4 is 50.5 Å². The number of aromatic nitrogens is 1. The zero-order valence-electron chi connectivity index (χ0n) is 21.7. The molecule has 10 nitrogen and oxygen atoms in total. The lowest BCUT2D eigenvalue weighted by Gasteiger charge is -2.34. The number of amides is 2. The van der Waals surface area contributed by atoms with Crippen molar-refractivity contribution in [3.05, 3.63) is 52.0 Å². The molecule has 2 aliphatic heterocycles. The van der Waals surface area contributed by atoms with E-state index in [1.165, 1.54) is 17.4 Å². The highest BCUT2D eigenvalue weighted by Gasteiger charge is 2.33. The fourth-order valence-corrected chi connectivity index (χ4v) is 7.39. The first-order valence-corrected chi connectivity index (χ1v) is 15.4. The molecule has 1 aromatic carbocycles. The Balaban J connectivity index is 1.43. The number of carbonyl (C=O) groups is 2. The summed E-state index contributed by atoms with van der Waals surface area (Å²) < 4.78 is 36.2. The largest absolute Gasteiger partial charge is 0.355 e. The highest BCUT2D eigenvalue weighted by Crippen LogP contribution is 2.32. The molecule has 0 saturated carbocycles. The van der Waals surface area contributed by atoms with Crippen molar-refractivity contribution in [1.29, 1.82) is 0 Å². The molecule has 0 bridgehead atoms. The van der Waals surface area contributed by atoms with Gasteiger partial charge >= 0.3 is 0 Å². The number of nitrogens with zero attached hydrogens (tertiary/aromatic N) is 4. The van der Waals surface area contributed by atoms with Gasteiger partial charge < -0.3 is 19.2 Å². The molecule has 0 radical (unpaired) electrons. The Hall–Kier alpha value is -2.77. The van der Waals surface area contributed by atoms with Crippen LogP contribution in [0.5, 0.6) is 0 Å². The average Bonchev–Trinajstić information content (AvgIpc) is 3.65. The SMILES string of the molecule is Cc1c(N2CCCC2=O)cccc1S(=O)(=O)NC(Cc1cc(-c2ccc(Cl)s2)on1)C(=O)N1CCN(C)CC1. The monoisotopic (exact) mass is 591 g/mol. The van der Waals surface area contributed by atoms with Gasteiger partial charge in [-0.05, 0) is 50.2 Å². The van der Waals surface area contributed by atoms with Gasteiger partial charge in [-0.25, -0.2) is 8.42 Å². The van der Waals surface area contributed by atoms with Gasteiger partial charge in [0.25, 0.3) is 0 Å². The highest BCUT2D eigenvalue weighted by molar-refractivity contribution is 7.89. The Kier molecular flexibility index (Phi) is 8.11. The maximum absolute atomic E-state index is 13.7. The summed E-state index contributed by atoms with van der Waals surface area (Å²) in [5, 5.41) is 4.11. The van der Waals surface area contributed by atoms with Gasteiger partial charge in [0, 0.05) is 57.3 Å². The van der Waals surface area contributed by atoms with E-state index in [4.69, 9.17) is 16.1 Å². The van der Waals surface area contributed by atoms with Crippen LogP contribution in [0.15, 0.2) is 45.8 Å². The van der Waals surface area contributed by atoms with Gasteiger partial charge in [0.1, 0.15) is 6.04 Å². The van der Waals surface area contributed by atoms with Crippen LogP contribution in [0.4, 0.5) is 5.69 Å². The number of anilines is 1. The maximum atomic E-state index is 13.7. The van der Waals surface area contributed by atoms with Crippen LogP contribution >= 0.6 is 22.9 Å². The molecule has 5 rings (SSSR count). The van der Waals surface area contributed by atoms with Crippen LogP contribution in [-0.4, -0.2) is 81.0 Å². The smallest absolute Gasteiger partial charge is 0.241 e. The van der Waals surface area contributed by atoms with Crippen molar-refractivity contribution in [1.82, 2.24) is 19.7 Å². The number of hydrogen-bond acceptors (Lipinski definition) is 8. The van der Waals surface area contributed by atoms with Crippen LogP contribution in [0.3, 0.4) is 0 Å². The average molecular weight is 592 g/mol. The van der Waals surface area contributed by atoms with Crippen LogP contribution in [-0.2, 0) is 26.0 Å². The first-order valence-electron chi connectivity index (χ1n) is 12.7. The normalized spacial score (nSPS) is 17.7. The molecule has 2 aromatic heterocycles. The van der Waals surface area contributed by atoms with Crippen LogP contribution in [0, 0.1) is 6.92 Å². The molecule has 2 fully saturated rings. The molecule has 1 unspecified atom stereocenters. The first-order chi connectivity index (χ1) is 18.6. The Morgan fingerprint density at radius 3 is 2.62 bits per heavy atom. The van der Waals surface area contributed by atoms with Crippen LogP contribution in [0.1, 0.15) is 24.1 Å². The Labute approximate surface area is 236 Å². The third-order valence-corrected chi connectivity index (χ3v) is 9.97. The number of rotatable bonds is 8. The minimum absolute atomic E-state index is 0.0103. The number of benzene rings is 1. The van der Waals surface area contributed by atoms with Gasteiger partial charge in [-0.3, -0.25) is 9.59 Å². The first kappa shape index (κ1) is 27.8. The van der Waals surface area contributed by atoms with Gasteiger partial charge in [0.2, 0.25) is 21.8 Å². The second kappa shape index (κ2) is 11.4. The molecule has 0 spiro atoms. The summed E-state index contributed by atoms with van der Waals surface area (Å²) in [6.45, 7) is 4.62. The molecule has 1 N–H and O–H groups in total. The molecule has 2 aliphatic rings. The number of likely N-dealkylation sites (N-methyl/N-ethyl adjacent to an activating group) is 1. The summed E-state index contributed by atoms with van der Waals surface area (Å²) in [5.41, 5.74) is 1.47. The molecule has 2 saturated heterocycles. The molecular formula is C26H30ClN5O5S2. The van der Waals surface area contributed by atoms with Gasteiger partial charge in [0.05, 0.1) is 19.8 Å². The Morgan fingerprint density at radius 2 is 1.95 bits per heavy atom. The van der Waals surface area contributed by atoms with E-state index >= 15 is 0 Å². The Bertz CT molecular complexity index is 1480. The zero-order chi connectivity index (χ0) is 27.7. The van der Waals surface area contributed by atoms with Gasteiger partial charge in [-0.2, -0.15) is 4.72 Å². The van der Waals surface area contributed by atoms with Crippen molar-refractivity contribution in [2.75, 3.05) is 44.7 Å². The molecule has 39 heavy (non-hydrogen) atoms.